The van der Waals surface area contributed by atoms with Gasteiger partial charge in [0.05, 0.1) is 11.1 Å². The smallest absolute Gasteiger partial charge is 0.153 e. The molecular weight excluding hydrogens is 314 g/mol. The van der Waals surface area contributed by atoms with Crippen LogP contribution in [-0.2, 0) is 6.42 Å². The monoisotopic (exact) mass is 335 g/mol. The predicted octanol–water partition coefficient (Wildman–Crippen LogP) is 2.69. The van der Waals surface area contributed by atoms with E-state index in [0.717, 1.165) is 30.1 Å². The molecule has 0 spiro atoms. The molecule has 0 unspecified atom stereocenters. The molecule has 2 heterocycles. The maximum atomic E-state index is 10.3. The Balaban J connectivity index is 1.62. The third-order valence-corrected chi connectivity index (χ3v) is 5.00. The van der Waals surface area contributed by atoms with Gasteiger partial charge in [-0.2, -0.15) is 5.10 Å². The first kappa shape index (κ1) is 16.2. The number of aryl methyl sites for hydroxylation is 2. The molecule has 0 aliphatic heterocycles. The second kappa shape index (κ2) is 6.84. The Kier molecular flexibility index (Phi) is 4.82. The van der Waals surface area contributed by atoms with Gasteiger partial charge in [0.15, 0.2) is 5.82 Å². The zero-order chi connectivity index (χ0) is 16.4. The van der Waals surface area contributed by atoms with Gasteiger partial charge < -0.3 is 10.4 Å². The van der Waals surface area contributed by atoms with E-state index in [-0.39, 0.29) is 17.9 Å². The summed E-state index contributed by atoms with van der Waals surface area (Å²) in [5.41, 5.74) is 0.988. The fourth-order valence-corrected chi connectivity index (χ4v) is 3.25. The number of aliphatic hydroxyl groups excluding tert-OH is 1. The second-order valence-corrected chi connectivity index (χ2v) is 6.54. The summed E-state index contributed by atoms with van der Waals surface area (Å²) in [6.07, 6.45) is 3.77. The SMILES string of the molecule is CCc1nc([C@H]2C[C@H](CNc3nccc(C)c3Cl)[C@H](O)C2)n[nH]1. The van der Waals surface area contributed by atoms with Crippen molar-refractivity contribution in [1.29, 1.82) is 0 Å². The molecule has 2 aromatic rings. The molecule has 3 N–H and O–H groups in total. The standard InChI is InChI=1S/C16H22ClN5O/c1-3-13-20-15(22-21-13)10-6-11(12(23)7-10)8-19-16-14(17)9(2)4-5-18-16/h4-5,10-12,23H,3,6-8H2,1-2H3,(H,18,19)(H,20,21,22)/t10-,11+,12+/m0/s1. The lowest BCUT2D eigenvalue weighted by Crippen LogP contribution is -2.22. The zero-order valence-electron chi connectivity index (χ0n) is 13.4. The molecule has 1 aliphatic carbocycles. The van der Waals surface area contributed by atoms with Crippen LogP contribution in [0, 0.1) is 12.8 Å². The van der Waals surface area contributed by atoms with Crippen LogP contribution >= 0.6 is 11.6 Å². The van der Waals surface area contributed by atoms with E-state index in [0.29, 0.717) is 23.8 Å². The van der Waals surface area contributed by atoms with E-state index in [1.807, 2.05) is 19.9 Å². The van der Waals surface area contributed by atoms with Crippen LogP contribution in [0.5, 0.6) is 0 Å². The van der Waals surface area contributed by atoms with Gasteiger partial charge in [-0.1, -0.05) is 18.5 Å². The Morgan fingerprint density at radius 2 is 2.26 bits per heavy atom. The molecule has 1 saturated carbocycles. The fraction of sp³-hybridized carbons (Fsp3) is 0.562. The highest BCUT2D eigenvalue weighted by molar-refractivity contribution is 6.33. The first-order valence-electron chi connectivity index (χ1n) is 8.02. The number of hydrogen-bond acceptors (Lipinski definition) is 5. The number of nitrogens with zero attached hydrogens (tertiary/aromatic N) is 3. The van der Waals surface area contributed by atoms with Gasteiger partial charge in [0.2, 0.25) is 0 Å². The summed E-state index contributed by atoms with van der Waals surface area (Å²) < 4.78 is 0. The third-order valence-electron chi connectivity index (χ3n) is 4.52. The molecule has 0 radical (unpaired) electrons. The number of pyridine rings is 1. The van der Waals surface area contributed by atoms with E-state index in [2.05, 4.69) is 25.5 Å². The normalized spacial score (nSPS) is 24.1. The van der Waals surface area contributed by atoms with Crippen LogP contribution in [0.1, 0.15) is 42.9 Å². The molecule has 0 aromatic carbocycles. The highest BCUT2D eigenvalue weighted by Gasteiger charge is 2.35. The Labute approximate surface area is 140 Å². The van der Waals surface area contributed by atoms with Crippen LogP contribution in [0.3, 0.4) is 0 Å². The summed E-state index contributed by atoms with van der Waals surface area (Å²) in [7, 11) is 0. The highest BCUT2D eigenvalue weighted by atomic mass is 35.5. The van der Waals surface area contributed by atoms with Crippen LogP contribution in [0.2, 0.25) is 5.02 Å². The first-order chi connectivity index (χ1) is 11.1. The number of anilines is 1. The summed E-state index contributed by atoms with van der Waals surface area (Å²) in [5.74, 6) is 2.73. The van der Waals surface area contributed by atoms with Gasteiger partial charge >= 0.3 is 0 Å². The number of nitrogens with one attached hydrogen (secondary N) is 2. The van der Waals surface area contributed by atoms with E-state index in [1.165, 1.54) is 0 Å². The predicted molar refractivity (Wildman–Crippen MR) is 89.7 cm³/mol. The van der Waals surface area contributed by atoms with Crippen LogP contribution in [-0.4, -0.2) is 37.9 Å². The van der Waals surface area contributed by atoms with Crippen molar-refractivity contribution in [2.75, 3.05) is 11.9 Å². The van der Waals surface area contributed by atoms with Crippen molar-refractivity contribution < 1.29 is 5.11 Å². The fourth-order valence-electron chi connectivity index (χ4n) is 3.07. The second-order valence-electron chi connectivity index (χ2n) is 6.16. The maximum Gasteiger partial charge on any atom is 0.153 e. The molecule has 23 heavy (non-hydrogen) atoms. The van der Waals surface area contributed by atoms with Crippen LogP contribution in [0.15, 0.2) is 12.3 Å². The topological polar surface area (TPSA) is 86.7 Å². The summed E-state index contributed by atoms with van der Waals surface area (Å²) in [6.45, 7) is 4.63. The maximum absolute atomic E-state index is 10.3. The molecule has 2 aromatic heterocycles. The summed E-state index contributed by atoms with van der Waals surface area (Å²) in [4.78, 5) is 8.75. The zero-order valence-corrected chi connectivity index (χ0v) is 14.1. The molecule has 3 atom stereocenters. The molecule has 124 valence electrons. The minimum atomic E-state index is -0.361. The molecule has 1 aliphatic rings. The third kappa shape index (κ3) is 3.48. The summed E-state index contributed by atoms with van der Waals surface area (Å²) >= 11 is 6.25. The minimum Gasteiger partial charge on any atom is -0.393 e. The molecule has 0 amide bonds. The quantitative estimate of drug-likeness (QED) is 0.782. The van der Waals surface area contributed by atoms with Crippen molar-refractivity contribution in [1.82, 2.24) is 20.2 Å². The van der Waals surface area contributed by atoms with Gasteiger partial charge in [0.25, 0.3) is 0 Å². The number of halogens is 1. The molecule has 3 rings (SSSR count). The average molecular weight is 336 g/mol. The molecular formula is C16H22ClN5O. The lowest BCUT2D eigenvalue weighted by atomic mass is 10.0. The minimum absolute atomic E-state index is 0.141. The Morgan fingerprint density at radius 1 is 1.43 bits per heavy atom. The van der Waals surface area contributed by atoms with Crippen molar-refractivity contribution in [2.24, 2.45) is 5.92 Å². The lowest BCUT2D eigenvalue weighted by Gasteiger charge is -2.16. The van der Waals surface area contributed by atoms with E-state index >= 15 is 0 Å². The Morgan fingerprint density at radius 3 is 3.00 bits per heavy atom. The van der Waals surface area contributed by atoms with E-state index in [1.54, 1.807) is 6.20 Å². The van der Waals surface area contributed by atoms with Crippen molar-refractivity contribution in [2.45, 2.75) is 45.1 Å². The van der Waals surface area contributed by atoms with Crippen LogP contribution in [0.25, 0.3) is 0 Å². The number of aromatic amines is 1. The van der Waals surface area contributed by atoms with E-state index in [4.69, 9.17) is 11.6 Å². The van der Waals surface area contributed by atoms with E-state index in [9.17, 15) is 5.11 Å². The van der Waals surface area contributed by atoms with Crippen molar-refractivity contribution in [3.8, 4) is 0 Å². The number of H-pyrrole nitrogens is 1. The van der Waals surface area contributed by atoms with Crippen LogP contribution < -0.4 is 5.32 Å². The number of aromatic nitrogens is 4. The largest absolute Gasteiger partial charge is 0.393 e. The number of hydrogen-bond donors (Lipinski definition) is 3. The van der Waals surface area contributed by atoms with Crippen molar-refractivity contribution >= 4 is 17.4 Å². The lowest BCUT2D eigenvalue weighted by molar-refractivity contribution is 0.137. The highest BCUT2D eigenvalue weighted by Crippen LogP contribution is 2.37. The number of aliphatic hydroxyl groups is 1. The number of rotatable bonds is 5. The van der Waals surface area contributed by atoms with Crippen molar-refractivity contribution in [3.63, 3.8) is 0 Å². The Bertz CT molecular complexity index is 674. The molecule has 6 nitrogen and oxygen atoms in total. The van der Waals surface area contributed by atoms with Gasteiger partial charge in [0, 0.05) is 31.0 Å². The van der Waals surface area contributed by atoms with Gasteiger partial charge in [0.1, 0.15) is 11.6 Å². The van der Waals surface area contributed by atoms with E-state index < -0.39 is 0 Å². The summed E-state index contributed by atoms with van der Waals surface area (Å²) in [5, 5.41) is 21.5. The summed E-state index contributed by atoms with van der Waals surface area (Å²) in [6, 6.07) is 1.88. The van der Waals surface area contributed by atoms with Gasteiger partial charge in [-0.05, 0) is 31.4 Å². The van der Waals surface area contributed by atoms with Gasteiger partial charge in [-0.3, -0.25) is 5.10 Å². The molecule has 0 bridgehead atoms. The van der Waals surface area contributed by atoms with Gasteiger partial charge in [-0.25, -0.2) is 9.97 Å². The molecule has 0 saturated heterocycles. The first-order valence-corrected chi connectivity index (χ1v) is 8.40. The molecule has 7 heteroatoms. The average Bonchev–Trinajstić information content (AvgIpc) is 3.15. The Hall–Kier alpha value is -1.66. The molecule has 1 fully saturated rings. The van der Waals surface area contributed by atoms with Gasteiger partial charge in [-0.15, -0.1) is 0 Å². The van der Waals surface area contributed by atoms with Crippen LogP contribution in [0.4, 0.5) is 5.82 Å². The van der Waals surface area contributed by atoms with Crippen molar-refractivity contribution in [3.05, 3.63) is 34.5 Å².